The Kier molecular flexibility index (Phi) is 4.38. The van der Waals surface area contributed by atoms with Crippen LogP contribution >= 0.6 is 0 Å². The van der Waals surface area contributed by atoms with Crippen LogP contribution in [-0.4, -0.2) is 44.8 Å². The van der Waals surface area contributed by atoms with E-state index < -0.39 is 0 Å². The molecule has 0 amide bonds. The lowest BCUT2D eigenvalue weighted by Crippen LogP contribution is -2.31. The van der Waals surface area contributed by atoms with Crippen LogP contribution in [0.2, 0.25) is 0 Å². The number of hydrogen-bond donors (Lipinski definition) is 1. The summed E-state index contributed by atoms with van der Waals surface area (Å²) in [5.41, 5.74) is 4.29. The van der Waals surface area contributed by atoms with E-state index in [0.29, 0.717) is 5.92 Å². The minimum atomic E-state index is 0.676. The third-order valence-corrected chi connectivity index (χ3v) is 4.45. The number of rotatable bonds is 5. The van der Waals surface area contributed by atoms with Crippen molar-refractivity contribution in [3.63, 3.8) is 0 Å². The van der Waals surface area contributed by atoms with Crippen molar-refractivity contribution in [2.45, 2.75) is 18.8 Å². The van der Waals surface area contributed by atoms with Crippen LogP contribution < -0.4 is 5.32 Å². The minimum Gasteiger partial charge on any atom is -0.384 e. The van der Waals surface area contributed by atoms with Crippen molar-refractivity contribution in [1.82, 2.24) is 4.90 Å². The zero-order valence-corrected chi connectivity index (χ0v) is 12.3. The highest BCUT2D eigenvalue weighted by Gasteiger charge is 2.22. The van der Waals surface area contributed by atoms with E-state index >= 15 is 0 Å². The van der Waals surface area contributed by atoms with Gasteiger partial charge in [-0.15, -0.1) is 0 Å². The average Bonchev–Trinajstić information content (AvgIpc) is 2.90. The summed E-state index contributed by atoms with van der Waals surface area (Å²) in [5.74, 6) is 0.676. The third kappa shape index (κ3) is 3.05. The Labute approximate surface area is 121 Å². The molecule has 0 saturated carbocycles. The molecule has 1 N–H and O–H groups in total. The quantitative estimate of drug-likeness (QED) is 0.834. The lowest BCUT2D eigenvalue weighted by Gasteiger charge is -2.27. The maximum Gasteiger partial charge on any atom is 0.0673 e. The molecule has 0 aromatic heterocycles. The van der Waals surface area contributed by atoms with Gasteiger partial charge in [0.2, 0.25) is 0 Å². The Hall–Kier alpha value is -1.32. The van der Waals surface area contributed by atoms with Gasteiger partial charge in [0.05, 0.1) is 6.61 Å². The van der Waals surface area contributed by atoms with E-state index in [1.807, 2.05) is 0 Å². The van der Waals surface area contributed by atoms with Crippen LogP contribution in [-0.2, 0) is 4.74 Å². The number of methoxy groups -OCH3 is 1. The SMILES string of the molecule is COCC1=CCN(CCC2CNc3ccccc32)CC1. The zero-order valence-electron chi connectivity index (χ0n) is 12.3. The van der Waals surface area contributed by atoms with Crippen molar-refractivity contribution in [3.05, 3.63) is 41.5 Å². The molecular weight excluding hydrogens is 248 g/mol. The van der Waals surface area contributed by atoms with Crippen molar-refractivity contribution < 1.29 is 4.74 Å². The topological polar surface area (TPSA) is 24.5 Å². The van der Waals surface area contributed by atoms with Gasteiger partial charge in [0.1, 0.15) is 0 Å². The molecule has 0 saturated heterocycles. The summed E-state index contributed by atoms with van der Waals surface area (Å²) in [7, 11) is 1.78. The molecule has 0 spiro atoms. The van der Waals surface area contributed by atoms with Gasteiger partial charge in [0, 0.05) is 38.3 Å². The zero-order chi connectivity index (χ0) is 13.8. The Bertz CT molecular complexity index is 484. The number of nitrogens with zero attached hydrogens (tertiary/aromatic N) is 1. The predicted octanol–water partition coefficient (Wildman–Crippen LogP) is 2.86. The van der Waals surface area contributed by atoms with Gasteiger partial charge >= 0.3 is 0 Å². The molecular formula is C17H24N2O. The number of hydrogen-bond acceptors (Lipinski definition) is 3. The van der Waals surface area contributed by atoms with Gasteiger partial charge in [0.15, 0.2) is 0 Å². The van der Waals surface area contributed by atoms with Gasteiger partial charge in [-0.2, -0.15) is 0 Å². The largest absolute Gasteiger partial charge is 0.384 e. The summed E-state index contributed by atoms with van der Waals surface area (Å²) in [4.78, 5) is 2.56. The molecule has 0 aliphatic carbocycles. The molecule has 2 aliphatic rings. The van der Waals surface area contributed by atoms with Crippen LogP contribution in [0.25, 0.3) is 0 Å². The second-order valence-electron chi connectivity index (χ2n) is 5.80. The van der Waals surface area contributed by atoms with Crippen LogP contribution in [0.4, 0.5) is 5.69 Å². The number of fused-ring (bicyclic) bond motifs is 1. The lowest BCUT2D eigenvalue weighted by atomic mass is 9.97. The number of para-hydroxylation sites is 1. The van der Waals surface area contributed by atoms with E-state index in [1.54, 1.807) is 7.11 Å². The fourth-order valence-electron chi connectivity index (χ4n) is 3.23. The standard InChI is InChI=1S/C17H24N2O/c1-20-13-14-6-9-19(10-7-14)11-8-15-12-18-17-5-3-2-4-16(15)17/h2-6,15,18H,7-13H2,1H3. The van der Waals surface area contributed by atoms with Gasteiger partial charge in [-0.1, -0.05) is 24.3 Å². The van der Waals surface area contributed by atoms with Gasteiger partial charge < -0.3 is 10.1 Å². The predicted molar refractivity (Wildman–Crippen MR) is 83.3 cm³/mol. The number of ether oxygens (including phenoxy) is 1. The van der Waals surface area contributed by atoms with E-state index in [4.69, 9.17) is 4.74 Å². The second-order valence-corrected chi connectivity index (χ2v) is 5.80. The minimum absolute atomic E-state index is 0.676. The third-order valence-electron chi connectivity index (χ3n) is 4.45. The molecule has 3 heteroatoms. The molecule has 1 aromatic rings. The highest BCUT2D eigenvalue weighted by Crippen LogP contribution is 2.33. The number of anilines is 1. The number of nitrogens with one attached hydrogen (secondary N) is 1. The highest BCUT2D eigenvalue weighted by atomic mass is 16.5. The van der Waals surface area contributed by atoms with Crippen molar-refractivity contribution in [2.75, 3.05) is 45.2 Å². The molecule has 3 nitrogen and oxygen atoms in total. The van der Waals surface area contributed by atoms with Gasteiger partial charge in [-0.05, 0) is 36.6 Å². The molecule has 3 rings (SSSR count). The Morgan fingerprint density at radius 3 is 3.05 bits per heavy atom. The second kappa shape index (κ2) is 6.42. The highest BCUT2D eigenvalue weighted by molar-refractivity contribution is 5.57. The fourth-order valence-corrected chi connectivity index (χ4v) is 3.23. The Balaban J connectivity index is 1.50. The van der Waals surface area contributed by atoms with Crippen LogP contribution in [0.5, 0.6) is 0 Å². The summed E-state index contributed by atoms with van der Waals surface area (Å²) in [5, 5.41) is 3.51. The van der Waals surface area contributed by atoms with Crippen molar-refractivity contribution in [2.24, 2.45) is 0 Å². The lowest BCUT2D eigenvalue weighted by molar-refractivity contribution is 0.210. The molecule has 0 bridgehead atoms. The van der Waals surface area contributed by atoms with E-state index in [9.17, 15) is 0 Å². The summed E-state index contributed by atoms with van der Waals surface area (Å²) in [6, 6.07) is 8.73. The fraction of sp³-hybridized carbons (Fsp3) is 0.529. The molecule has 0 radical (unpaired) electrons. The maximum atomic E-state index is 5.20. The molecule has 0 fully saturated rings. The van der Waals surface area contributed by atoms with Crippen LogP contribution in [0, 0.1) is 0 Å². The van der Waals surface area contributed by atoms with Gasteiger partial charge in [-0.3, -0.25) is 4.90 Å². The van der Waals surface area contributed by atoms with E-state index in [2.05, 4.69) is 40.6 Å². The number of benzene rings is 1. The summed E-state index contributed by atoms with van der Waals surface area (Å²) < 4.78 is 5.20. The molecule has 2 heterocycles. The Morgan fingerprint density at radius 2 is 2.25 bits per heavy atom. The average molecular weight is 272 g/mol. The molecule has 2 aliphatic heterocycles. The van der Waals surface area contributed by atoms with Crippen molar-refractivity contribution in [1.29, 1.82) is 0 Å². The first-order chi connectivity index (χ1) is 9.86. The first-order valence-corrected chi connectivity index (χ1v) is 7.59. The summed E-state index contributed by atoms with van der Waals surface area (Å²) in [6.45, 7) is 5.35. The first-order valence-electron chi connectivity index (χ1n) is 7.59. The monoisotopic (exact) mass is 272 g/mol. The van der Waals surface area contributed by atoms with Crippen molar-refractivity contribution >= 4 is 5.69 Å². The van der Waals surface area contributed by atoms with Crippen molar-refractivity contribution in [3.8, 4) is 0 Å². The van der Waals surface area contributed by atoms with Crippen LogP contribution in [0.3, 0.4) is 0 Å². The maximum absolute atomic E-state index is 5.20. The normalized spacial score (nSPS) is 22.2. The molecule has 20 heavy (non-hydrogen) atoms. The van der Waals surface area contributed by atoms with E-state index in [0.717, 1.165) is 26.1 Å². The van der Waals surface area contributed by atoms with E-state index in [-0.39, 0.29) is 0 Å². The molecule has 108 valence electrons. The van der Waals surface area contributed by atoms with Gasteiger partial charge in [-0.25, -0.2) is 0 Å². The first kappa shape index (κ1) is 13.7. The van der Waals surface area contributed by atoms with E-state index in [1.165, 1.54) is 36.3 Å². The summed E-state index contributed by atoms with van der Waals surface area (Å²) in [6.07, 6.45) is 4.75. The smallest absolute Gasteiger partial charge is 0.0673 e. The molecule has 1 aromatic carbocycles. The molecule has 1 unspecified atom stereocenters. The molecule has 1 atom stereocenters. The van der Waals surface area contributed by atoms with Gasteiger partial charge in [0.25, 0.3) is 0 Å². The van der Waals surface area contributed by atoms with Crippen LogP contribution in [0.1, 0.15) is 24.3 Å². The summed E-state index contributed by atoms with van der Waals surface area (Å²) >= 11 is 0. The Morgan fingerprint density at radius 1 is 1.35 bits per heavy atom. The van der Waals surface area contributed by atoms with Crippen LogP contribution in [0.15, 0.2) is 35.9 Å².